The van der Waals surface area contributed by atoms with Gasteiger partial charge in [-0.05, 0) is 99.9 Å². The van der Waals surface area contributed by atoms with Crippen LogP contribution in [-0.4, -0.2) is 0 Å². The molecule has 31 heavy (non-hydrogen) atoms. The zero-order valence-electron chi connectivity index (χ0n) is 20.7. The average molecular weight is 414 g/mol. The van der Waals surface area contributed by atoms with E-state index in [2.05, 4.69) is 127 Å². The van der Waals surface area contributed by atoms with Gasteiger partial charge >= 0.3 is 0 Å². The Morgan fingerprint density at radius 1 is 0.581 bits per heavy atom. The van der Waals surface area contributed by atoms with E-state index in [1.165, 1.54) is 39.1 Å². The van der Waals surface area contributed by atoms with Crippen molar-refractivity contribution in [1.82, 2.24) is 0 Å². The summed E-state index contributed by atoms with van der Waals surface area (Å²) in [6.07, 6.45) is 2.04. The second kappa shape index (κ2) is 8.91. The van der Waals surface area contributed by atoms with Crippen LogP contribution < -0.4 is 4.90 Å². The van der Waals surface area contributed by atoms with Crippen LogP contribution in [0.15, 0.2) is 66.7 Å². The van der Waals surface area contributed by atoms with Crippen LogP contribution >= 0.6 is 0 Å². The van der Waals surface area contributed by atoms with Crippen LogP contribution in [0.1, 0.15) is 73.9 Å². The van der Waals surface area contributed by atoms with Crippen molar-refractivity contribution < 1.29 is 0 Å². The number of hydrogen-bond acceptors (Lipinski definition) is 1. The highest BCUT2D eigenvalue weighted by atomic mass is 15.3. The smallest absolute Gasteiger partial charge is 0.0632 e. The van der Waals surface area contributed by atoms with E-state index >= 15 is 0 Å². The van der Waals surface area contributed by atoms with E-state index < -0.39 is 0 Å². The lowest BCUT2D eigenvalue weighted by Crippen LogP contribution is -2.55. The molecule has 3 rings (SSSR count). The van der Waals surface area contributed by atoms with Gasteiger partial charge in [-0.25, -0.2) is 0 Å². The first kappa shape index (κ1) is 23.1. The molecule has 0 aromatic heterocycles. The third-order valence-corrected chi connectivity index (χ3v) is 7.64. The van der Waals surface area contributed by atoms with E-state index in [0.717, 1.165) is 12.8 Å². The minimum atomic E-state index is -0.149. The Kier molecular flexibility index (Phi) is 6.65. The standard InChI is InChI=1S/C30H39N/c1-9-29(7,26-18-16-22(3)24(5)20-26)31(28-14-12-11-13-15-28)30(8,10-2)27-19-17-23(4)25(6)21-27/h11-21H,9-10H2,1-8H3. The van der Waals surface area contributed by atoms with E-state index in [9.17, 15) is 0 Å². The van der Waals surface area contributed by atoms with Crippen molar-refractivity contribution in [2.75, 3.05) is 4.90 Å². The summed E-state index contributed by atoms with van der Waals surface area (Å²) in [5.41, 5.74) is 9.14. The molecule has 0 fully saturated rings. The van der Waals surface area contributed by atoms with Crippen LogP contribution in [0.5, 0.6) is 0 Å². The summed E-state index contributed by atoms with van der Waals surface area (Å²) in [7, 11) is 0. The maximum Gasteiger partial charge on any atom is 0.0632 e. The molecule has 0 aliphatic heterocycles. The fourth-order valence-corrected chi connectivity index (χ4v) is 4.83. The molecule has 3 aromatic rings. The number of nitrogens with zero attached hydrogens (tertiary/aromatic N) is 1. The number of para-hydroxylation sites is 1. The van der Waals surface area contributed by atoms with Crippen molar-refractivity contribution in [2.45, 2.75) is 79.3 Å². The van der Waals surface area contributed by atoms with Gasteiger partial charge in [0.25, 0.3) is 0 Å². The molecule has 0 amide bonds. The lowest BCUT2D eigenvalue weighted by molar-refractivity contribution is 0.293. The molecule has 0 saturated carbocycles. The first-order chi connectivity index (χ1) is 14.7. The molecular formula is C30H39N. The monoisotopic (exact) mass is 413 g/mol. The van der Waals surface area contributed by atoms with Gasteiger partial charge in [0.1, 0.15) is 0 Å². The molecule has 3 aromatic carbocycles. The maximum atomic E-state index is 2.69. The molecule has 0 spiro atoms. The number of aryl methyl sites for hydroxylation is 4. The molecular weight excluding hydrogens is 374 g/mol. The molecule has 0 N–H and O–H groups in total. The molecule has 0 bridgehead atoms. The normalized spacial score (nSPS) is 15.2. The van der Waals surface area contributed by atoms with Crippen LogP contribution in [0.4, 0.5) is 5.69 Å². The third-order valence-electron chi connectivity index (χ3n) is 7.64. The number of benzene rings is 3. The topological polar surface area (TPSA) is 3.24 Å². The van der Waals surface area contributed by atoms with Gasteiger partial charge in [-0.3, -0.25) is 0 Å². The summed E-state index contributed by atoms with van der Waals surface area (Å²) in [5, 5.41) is 0. The van der Waals surface area contributed by atoms with E-state index in [1.807, 2.05) is 0 Å². The molecule has 0 aliphatic rings. The Balaban J connectivity index is 2.30. The number of anilines is 1. The Labute approximate surface area is 190 Å². The quantitative estimate of drug-likeness (QED) is 0.376. The van der Waals surface area contributed by atoms with Crippen molar-refractivity contribution >= 4 is 5.69 Å². The molecule has 1 heteroatoms. The lowest BCUT2D eigenvalue weighted by Gasteiger charge is -2.54. The zero-order chi connectivity index (χ0) is 22.8. The van der Waals surface area contributed by atoms with Crippen LogP contribution in [-0.2, 0) is 11.1 Å². The van der Waals surface area contributed by atoms with Gasteiger partial charge in [0.05, 0.1) is 11.1 Å². The van der Waals surface area contributed by atoms with Crippen molar-refractivity contribution in [2.24, 2.45) is 0 Å². The van der Waals surface area contributed by atoms with Gasteiger partial charge in [-0.1, -0.05) is 68.4 Å². The minimum absolute atomic E-state index is 0.149. The molecule has 1 nitrogen and oxygen atoms in total. The number of hydrogen-bond donors (Lipinski definition) is 0. The largest absolute Gasteiger partial charge is 0.353 e. The van der Waals surface area contributed by atoms with Gasteiger partial charge < -0.3 is 4.90 Å². The van der Waals surface area contributed by atoms with Crippen LogP contribution in [0.3, 0.4) is 0 Å². The van der Waals surface area contributed by atoms with Gasteiger partial charge in [0, 0.05) is 5.69 Å². The minimum Gasteiger partial charge on any atom is -0.353 e. The van der Waals surface area contributed by atoms with E-state index in [4.69, 9.17) is 0 Å². The van der Waals surface area contributed by atoms with Gasteiger partial charge in [0.15, 0.2) is 0 Å². The number of rotatable bonds is 7. The Morgan fingerprint density at radius 3 is 1.35 bits per heavy atom. The average Bonchev–Trinajstić information content (AvgIpc) is 2.78. The molecule has 0 heterocycles. The molecule has 0 radical (unpaired) electrons. The van der Waals surface area contributed by atoms with Gasteiger partial charge in [-0.2, -0.15) is 0 Å². The van der Waals surface area contributed by atoms with Crippen LogP contribution in [0.2, 0.25) is 0 Å². The third kappa shape index (κ3) is 4.15. The van der Waals surface area contributed by atoms with Gasteiger partial charge in [-0.15, -0.1) is 0 Å². The summed E-state index contributed by atoms with van der Waals surface area (Å²) < 4.78 is 0. The Hall–Kier alpha value is -2.54. The predicted molar refractivity (Wildman–Crippen MR) is 136 cm³/mol. The SMILES string of the molecule is CCC(C)(c1ccc(C)c(C)c1)N(c1ccccc1)C(C)(CC)c1ccc(C)c(C)c1. The summed E-state index contributed by atoms with van der Waals surface area (Å²) in [5.74, 6) is 0. The first-order valence-corrected chi connectivity index (χ1v) is 11.7. The summed E-state index contributed by atoms with van der Waals surface area (Å²) >= 11 is 0. The highest BCUT2D eigenvalue weighted by molar-refractivity contribution is 5.57. The van der Waals surface area contributed by atoms with Crippen molar-refractivity contribution in [1.29, 1.82) is 0 Å². The van der Waals surface area contributed by atoms with Crippen molar-refractivity contribution in [3.8, 4) is 0 Å². The van der Waals surface area contributed by atoms with E-state index in [0.29, 0.717) is 0 Å². The molecule has 2 unspecified atom stereocenters. The van der Waals surface area contributed by atoms with Gasteiger partial charge in [0.2, 0.25) is 0 Å². The van der Waals surface area contributed by atoms with Crippen molar-refractivity contribution in [3.63, 3.8) is 0 Å². The van der Waals surface area contributed by atoms with Crippen molar-refractivity contribution in [3.05, 3.63) is 100 Å². The lowest BCUT2D eigenvalue weighted by atomic mass is 9.77. The fourth-order valence-electron chi connectivity index (χ4n) is 4.83. The highest BCUT2D eigenvalue weighted by Gasteiger charge is 2.43. The second-order valence-electron chi connectivity index (χ2n) is 9.52. The van der Waals surface area contributed by atoms with E-state index in [1.54, 1.807) is 0 Å². The fraction of sp³-hybridized carbons (Fsp3) is 0.400. The summed E-state index contributed by atoms with van der Waals surface area (Å²) in [6.45, 7) is 18.3. The molecule has 164 valence electrons. The predicted octanol–water partition coefficient (Wildman–Crippen LogP) is 8.38. The highest BCUT2D eigenvalue weighted by Crippen LogP contribution is 2.47. The second-order valence-corrected chi connectivity index (χ2v) is 9.52. The summed E-state index contributed by atoms with van der Waals surface area (Å²) in [4.78, 5) is 2.69. The summed E-state index contributed by atoms with van der Waals surface area (Å²) in [6, 6.07) is 25.0. The molecule has 0 aliphatic carbocycles. The van der Waals surface area contributed by atoms with Crippen LogP contribution in [0.25, 0.3) is 0 Å². The Bertz CT molecular complexity index is 970. The molecule has 0 saturated heterocycles. The first-order valence-electron chi connectivity index (χ1n) is 11.7. The maximum absolute atomic E-state index is 2.69. The Morgan fingerprint density at radius 2 is 1.00 bits per heavy atom. The van der Waals surface area contributed by atoms with Crippen LogP contribution in [0, 0.1) is 27.7 Å². The zero-order valence-corrected chi connectivity index (χ0v) is 20.7. The van der Waals surface area contributed by atoms with E-state index in [-0.39, 0.29) is 11.1 Å². The molecule has 2 atom stereocenters.